The number of ether oxygens (including phenoxy) is 2. The first-order chi connectivity index (χ1) is 24.9. The summed E-state index contributed by atoms with van der Waals surface area (Å²) in [5, 5.41) is 0. The second kappa shape index (κ2) is 15.9. The molecule has 12 nitrogen and oxygen atoms in total. The van der Waals surface area contributed by atoms with Crippen LogP contribution in [0.3, 0.4) is 0 Å². The highest BCUT2D eigenvalue weighted by atomic mass is 79.9. The lowest BCUT2D eigenvalue weighted by Gasteiger charge is -2.39. The van der Waals surface area contributed by atoms with E-state index in [1.54, 1.807) is 99.1 Å². The smallest absolute Gasteiger partial charge is 0.283 e. The maximum atomic E-state index is 15.2. The normalized spacial score (nSPS) is 16.1. The molecule has 0 aromatic heterocycles. The van der Waals surface area contributed by atoms with Gasteiger partial charge in [-0.05, 0) is 84.1 Å². The van der Waals surface area contributed by atoms with Crippen molar-refractivity contribution in [2.24, 2.45) is 0 Å². The molecule has 0 unspecified atom stereocenters. The number of benzene rings is 4. The van der Waals surface area contributed by atoms with Gasteiger partial charge in [0.2, 0.25) is 0 Å². The number of nitrogens with zero attached hydrogens (tertiary/aromatic N) is 6. The molecule has 0 saturated carbocycles. The van der Waals surface area contributed by atoms with Gasteiger partial charge in [-0.1, -0.05) is 42.5 Å². The van der Waals surface area contributed by atoms with E-state index >= 15 is 16.8 Å². The van der Waals surface area contributed by atoms with E-state index < -0.39 is 25.8 Å². The average Bonchev–Trinajstić information content (AvgIpc) is 3.14. The molecule has 0 atom stereocenters. The summed E-state index contributed by atoms with van der Waals surface area (Å²) in [4.78, 5) is 8.61. The second-order valence-electron chi connectivity index (χ2n) is 13.0. The van der Waals surface area contributed by atoms with Gasteiger partial charge in [-0.3, -0.25) is 0 Å². The van der Waals surface area contributed by atoms with Gasteiger partial charge in [0.15, 0.2) is 0 Å². The Hall–Kier alpha value is -4.02. The van der Waals surface area contributed by atoms with Gasteiger partial charge in [-0.15, -0.1) is 0 Å². The molecule has 0 amide bonds. The number of hydrogen-bond acceptors (Lipinski definition) is 10. The number of rotatable bonds is 12. The molecule has 4 aromatic rings. The fourth-order valence-electron chi connectivity index (χ4n) is 6.50. The summed E-state index contributed by atoms with van der Waals surface area (Å²) in [6.45, 7) is 5.90. The Labute approximate surface area is 315 Å². The number of anilines is 4. The van der Waals surface area contributed by atoms with Crippen LogP contribution in [0.25, 0.3) is 0 Å². The van der Waals surface area contributed by atoms with Crippen LogP contribution >= 0.6 is 15.9 Å². The first kappa shape index (κ1) is 37.7. The molecular weight excluding hydrogens is 768 g/mol. The van der Waals surface area contributed by atoms with Gasteiger partial charge in [0.1, 0.15) is 16.4 Å². The third kappa shape index (κ3) is 7.98. The van der Waals surface area contributed by atoms with Crippen LogP contribution in [-0.4, -0.2) is 107 Å². The Morgan fingerprint density at radius 2 is 1.08 bits per heavy atom. The number of sulfonamides is 2. The van der Waals surface area contributed by atoms with E-state index in [1.165, 1.54) is 6.07 Å². The van der Waals surface area contributed by atoms with Crippen molar-refractivity contribution in [1.29, 1.82) is 0 Å². The Kier molecular flexibility index (Phi) is 11.6. The number of hydrazine groups is 1. The van der Waals surface area contributed by atoms with Crippen molar-refractivity contribution in [3.05, 3.63) is 101 Å². The molecule has 2 saturated heterocycles. The summed E-state index contributed by atoms with van der Waals surface area (Å²) < 4.78 is 74.1. The molecule has 278 valence electrons. The van der Waals surface area contributed by atoms with Crippen LogP contribution in [0.5, 0.6) is 11.5 Å². The van der Waals surface area contributed by atoms with Crippen LogP contribution in [0.1, 0.15) is 5.56 Å². The zero-order valence-electron chi connectivity index (χ0n) is 29.9. The highest BCUT2D eigenvalue weighted by Crippen LogP contribution is 2.42. The topological polar surface area (TPSA) is 106 Å². The quantitative estimate of drug-likeness (QED) is 0.179. The van der Waals surface area contributed by atoms with Gasteiger partial charge in [0.25, 0.3) is 20.0 Å². The summed E-state index contributed by atoms with van der Waals surface area (Å²) in [6.07, 6.45) is 0. The largest absolute Gasteiger partial charge is 0.495 e. The lowest BCUT2D eigenvalue weighted by molar-refractivity contribution is 0.311. The van der Waals surface area contributed by atoms with E-state index in [0.29, 0.717) is 59.1 Å². The van der Waals surface area contributed by atoms with Gasteiger partial charge in [0.05, 0.1) is 42.7 Å². The monoisotopic (exact) mass is 812 g/mol. The summed E-state index contributed by atoms with van der Waals surface area (Å²) in [7, 11) is -1.86. The molecule has 2 heterocycles. The predicted octanol–water partition coefficient (Wildman–Crippen LogP) is 5.12. The number of piperazine rings is 2. The first-order valence-electron chi connectivity index (χ1n) is 17.0. The van der Waals surface area contributed by atoms with Gasteiger partial charge in [-0.2, -0.15) is 17.2 Å². The van der Waals surface area contributed by atoms with E-state index in [1.807, 2.05) is 0 Å². The molecule has 52 heavy (non-hydrogen) atoms. The highest BCUT2D eigenvalue weighted by Gasteiger charge is 2.40. The van der Waals surface area contributed by atoms with Crippen molar-refractivity contribution in [1.82, 2.24) is 9.80 Å². The van der Waals surface area contributed by atoms with Crippen molar-refractivity contribution < 1.29 is 26.3 Å². The minimum atomic E-state index is -4.63. The molecule has 2 aliphatic rings. The van der Waals surface area contributed by atoms with Gasteiger partial charge in [-0.25, -0.2) is 8.42 Å². The molecule has 15 heteroatoms. The lowest BCUT2D eigenvalue weighted by atomic mass is 10.2. The highest BCUT2D eigenvalue weighted by molar-refractivity contribution is 9.10. The summed E-state index contributed by atoms with van der Waals surface area (Å²) >= 11 is 3.44. The number of likely N-dealkylation sites (N-methyl/N-ethyl adjacent to an activating group) is 2. The third-order valence-corrected chi connectivity index (χ3v) is 13.8. The molecule has 0 N–H and O–H groups in total. The summed E-state index contributed by atoms with van der Waals surface area (Å²) in [5.41, 5.74) is 2.09. The maximum absolute atomic E-state index is 15.2. The Balaban J connectivity index is 1.61. The molecule has 0 spiro atoms. The van der Waals surface area contributed by atoms with Crippen LogP contribution in [-0.2, 0) is 25.8 Å². The van der Waals surface area contributed by atoms with E-state index in [-0.39, 0.29) is 16.3 Å². The van der Waals surface area contributed by atoms with E-state index in [0.717, 1.165) is 35.0 Å². The SMILES string of the molecule is COc1ccc(N(N(c2ccc(OC)c(N3CCN(C)CC3)c2)S(=O)(=O)c2ccccc2Br)S(=O)(=O)Cc2ccccc2)cc1N1CCN(C)CC1. The van der Waals surface area contributed by atoms with Crippen molar-refractivity contribution >= 4 is 58.7 Å². The summed E-state index contributed by atoms with van der Waals surface area (Å²) in [5.74, 6) is 0.635. The Morgan fingerprint density at radius 3 is 1.56 bits per heavy atom. The van der Waals surface area contributed by atoms with Crippen LogP contribution < -0.4 is 28.1 Å². The second-order valence-corrected chi connectivity index (χ2v) is 17.3. The van der Waals surface area contributed by atoms with Gasteiger partial charge >= 0.3 is 0 Å². The molecular formula is C37H45BrN6O6S2. The summed E-state index contributed by atoms with van der Waals surface area (Å²) in [6, 6.07) is 25.1. The van der Waals surface area contributed by atoms with Crippen molar-refractivity contribution in [2.45, 2.75) is 10.6 Å². The lowest BCUT2D eigenvalue weighted by Crippen LogP contribution is -2.51. The fraction of sp³-hybridized carbons (Fsp3) is 0.351. The molecule has 0 bridgehead atoms. The standard InChI is InChI=1S/C37H45BrN6O6S2/c1-39-18-22-41(23-19-39)33-26-30(14-16-35(33)49-3)43(51(45,46)28-29-10-6-5-7-11-29)44(52(47,48)37-13-9-8-12-32(37)38)31-15-17-36(50-4)34(27-31)42-24-20-40(2)21-25-42/h5-17,26-27H,18-25,28H2,1-4H3. The molecule has 0 radical (unpaired) electrons. The van der Waals surface area contributed by atoms with Crippen molar-refractivity contribution in [3.63, 3.8) is 0 Å². The maximum Gasteiger partial charge on any atom is 0.283 e. The van der Waals surface area contributed by atoms with E-state index in [2.05, 4.69) is 49.6 Å². The minimum absolute atomic E-state index is 0.0975. The fourth-order valence-corrected chi connectivity index (χ4v) is 10.9. The Morgan fingerprint density at radius 1 is 0.615 bits per heavy atom. The molecule has 0 aliphatic carbocycles. The van der Waals surface area contributed by atoms with Crippen molar-refractivity contribution in [3.8, 4) is 11.5 Å². The van der Waals surface area contributed by atoms with Crippen LogP contribution in [0.4, 0.5) is 22.7 Å². The molecule has 6 rings (SSSR count). The molecule has 2 fully saturated rings. The Bertz CT molecular complexity index is 2070. The van der Waals surface area contributed by atoms with Gasteiger partial charge < -0.3 is 29.1 Å². The number of halogens is 1. The van der Waals surface area contributed by atoms with Gasteiger partial charge in [0, 0.05) is 56.8 Å². The van der Waals surface area contributed by atoms with Crippen LogP contribution in [0, 0.1) is 0 Å². The van der Waals surface area contributed by atoms with E-state index in [4.69, 9.17) is 9.47 Å². The zero-order valence-corrected chi connectivity index (χ0v) is 33.1. The van der Waals surface area contributed by atoms with Crippen molar-refractivity contribution in [2.75, 3.05) is 99.3 Å². The van der Waals surface area contributed by atoms with Crippen LogP contribution in [0.2, 0.25) is 0 Å². The van der Waals surface area contributed by atoms with E-state index in [9.17, 15) is 0 Å². The number of methoxy groups -OCH3 is 2. The molecule has 2 aliphatic heterocycles. The zero-order chi connectivity index (χ0) is 37.0. The molecule has 4 aromatic carbocycles. The minimum Gasteiger partial charge on any atom is -0.495 e. The third-order valence-electron chi connectivity index (χ3n) is 9.42. The van der Waals surface area contributed by atoms with Crippen LogP contribution in [0.15, 0.2) is 100 Å². The number of hydrogen-bond donors (Lipinski definition) is 0. The first-order valence-corrected chi connectivity index (χ1v) is 20.9. The average molecular weight is 814 g/mol. The predicted molar refractivity (Wildman–Crippen MR) is 211 cm³/mol.